The number of hydrogen-bond acceptors (Lipinski definition) is 4. The van der Waals surface area contributed by atoms with Gasteiger partial charge in [0.05, 0.1) is 6.54 Å². The van der Waals surface area contributed by atoms with Crippen LogP contribution < -0.4 is 5.32 Å². The van der Waals surface area contributed by atoms with Crippen molar-refractivity contribution in [2.24, 2.45) is 0 Å². The summed E-state index contributed by atoms with van der Waals surface area (Å²) in [5.41, 5.74) is 0. The zero-order valence-corrected chi connectivity index (χ0v) is 11.9. The third-order valence-electron chi connectivity index (χ3n) is 3.39. The van der Waals surface area contributed by atoms with Crippen molar-refractivity contribution in [3.05, 3.63) is 22.4 Å². The molecule has 1 aromatic heterocycles. The van der Waals surface area contributed by atoms with Gasteiger partial charge in [-0.1, -0.05) is 6.07 Å². The third-order valence-corrected chi connectivity index (χ3v) is 4.44. The van der Waals surface area contributed by atoms with E-state index in [1.54, 1.807) is 11.3 Å². The van der Waals surface area contributed by atoms with Crippen LogP contribution in [0.1, 0.15) is 17.8 Å². The van der Waals surface area contributed by atoms with E-state index in [0.717, 1.165) is 26.2 Å². The third kappa shape index (κ3) is 3.54. The van der Waals surface area contributed by atoms with Crippen LogP contribution in [0.4, 0.5) is 0 Å². The highest BCUT2D eigenvalue weighted by Crippen LogP contribution is 2.17. The van der Waals surface area contributed by atoms with Gasteiger partial charge in [0.15, 0.2) is 0 Å². The van der Waals surface area contributed by atoms with E-state index in [2.05, 4.69) is 35.6 Å². The Morgan fingerprint density at radius 1 is 1.44 bits per heavy atom. The van der Waals surface area contributed by atoms with Gasteiger partial charge in [-0.15, -0.1) is 11.3 Å². The molecule has 1 aliphatic heterocycles. The van der Waals surface area contributed by atoms with Crippen LogP contribution in [-0.4, -0.2) is 55.5 Å². The van der Waals surface area contributed by atoms with Gasteiger partial charge < -0.3 is 15.1 Å². The number of rotatable bonds is 4. The minimum atomic E-state index is 0.214. The van der Waals surface area contributed by atoms with Crippen molar-refractivity contribution in [2.75, 3.05) is 39.8 Å². The molecule has 0 aliphatic carbocycles. The summed E-state index contributed by atoms with van der Waals surface area (Å²) in [6, 6.07) is 4.39. The molecule has 1 aromatic rings. The maximum absolute atomic E-state index is 12.0. The minimum Gasteiger partial charge on any atom is -0.339 e. The topological polar surface area (TPSA) is 35.6 Å². The van der Waals surface area contributed by atoms with E-state index in [4.69, 9.17) is 0 Å². The Morgan fingerprint density at radius 2 is 2.17 bits per heavy atom. The Balaban J connectivity index is 1.75. The van der Waals surface area contributed by atoms with E-state index >= 15 is 0 Å². The zero-order chi connectivity index (χ0) is 13.0. The molecule has 1 fully saturated rings. The van der Waals surface area contributed by atoms with E-state index in [0.29, 0.717) is 6.54 Å². The molecule has 0 unspecified atom stereocenters. The standard InChI is InChI=1S/C13H21N3OS/c1-11(12-4-3-9-18-12)14-10-13(17)16-7-5-15(2)6-8-16/h3-4,9,11,14H,5-8,10H2,1-2H3/t11-/m1/s1. The molecule has 0 aromatic carbocycles. The molecule has 18 heavy (non-hydrogen) atoms. The summed E-state index contributed by atoms with van der Waals surface area (Å²) in [6.45, 7) is 6.19. The van der Waals surface area contributed by atoms with Gasteiger partial charge in [-0.2, -0.15) is 0 Å². The number of carbonyl (C=O) groups is 1. The molecule has 2 heterocycles. The molecule has 100 valence electrons. The van der Waals surface area contributed by atoms with Crippen LogP contribution in [0.15, 0.2) is 17.5 Å². The highest BCUT2D eigenvalue weighted by Gasteiger charge is 2.19. The molecule has 0 radical (unpaired) electrons. The number of carbonyl (C=O) groups excluding carboxylic acids is 1. The average molecular weight is 267 g/mol. The number of likely N-dealkylation sites (N-methyl/N-ethyl adjacent to an activating group) is 1. The molecule has 5 heteroatoms. The van der Waals surface area contributed by atoms with Gasteiger partial charge in [0.2, 0.25) is 5.91 Å². The van der Waals surface area contributed by atoms with Crippen LogP contribution in [0.3, 0.4) is 0 Å². The molecular formula is C13H21N3OS. The lowest BCUT2D eigenvalue weighted by Crippen LogP contribution is -2.49. The van der Waals surface area contributed by atoms with Crippen LogP contribution in [0, 0.1) is 0 Å². The van der Waals surface area contributed by atoms with Crippen LogP contribution in [-0.2, 0) is 4.79 Å². The lowest BCUT2D eigenvalue weighted by Gasteiger charge is -2.32. The number of thiophene rings is 1. The lowest BCUT2D eigenvalue weighted by molar-refractivity contribution is -0.131. The van der Waals surface area contributed by atoms with E-state index in [9.17, 15) is 4.79 Å². The predicted octanol–water partition coefficient (Wildman–Crippen LogP) is 1.17. The summed E-state index contributed by atoms with van der Waals surface area (Å²) in [5.74, 6) is 0.214. The molecule has 4 nitrogen and oxygen atoms in total. The van der Waals surface area contributed by atoms with Crippen LogP contribution >= 0.6 is 11.3 Å². The Kier molecular flexibility index (Phi) is 4.74. The normalized spacial score (nSPS) is 18.9. The van der Waals surface area contributed by atoms with Crippen LogP contribution in [0.25, 0.3) is 0 Å². The SMILES string of the molecule is C[C@@H](NCC(=O)N1CCN(C)CC1)c1cccs1. The summed E-state index contributed by atoms with van der Waals surface area (Å²) in [7, 11) is 2.10. The first kappa shape index (κ1) is 13.5. The van der Waals surface area contributed by atoms with Gasteiger partial charge in [0.25, 0.3) is 0 Å². The minimum absolute atomic E-state index is 0.214. The van der Waals surface area contributed by atoms with Gasteiger partial charge in [0, 0.05) is 37.1 Å². The van der Waals surface area contributed by atoms with Crippen molar-refractivity contribution >= 4 is 17.2 Å². The molecule has 1 aliphatic rings. The molecule has 1 amide bonds. The van der Waals surface area contributed by atoms with Crippen molar-refractivity contribution in [1.82, 2.24) is 15.1 Å². The van der Waals surface area contributed by atoms with Crippen LogP contribution in [0.5, 0.6) is 0 Å². The lowest BCUT2D eigenvalue weighted by atomic mass is 10.2. The van der Waals surface area contributed by atoms with Crippen molar-refractivity contribution < 1.29 is 4.79 Å². The maximum atomic E-state index is 12.0. The van der Waals surface area contributed by atoms with Crippen LogP contribution in [0.2, 0.25) is 0 Å². The monoisotopic (exact) mass is 267 g/mol. The maximum Gasteiger partial charge on any atom is 0.236 e. The van der Waals surface area contributed by atoms with E-state index in [1.807, 2.05) is 11.0 Å². The van der Waals surface area contributed by atoms with Gasteiger partial charge in [-0.25, -0.2) is 0 Å². The fourth-order valence-electron chi connectivity index (χ4n) is 2.05. The summed E-state index contributed by atoms with van der Waals surface area (Å²) < 4.78 is 0. The van der Waals surface area contributed by atoms with E-state index in [-0.39, 0.29) is 11.9 Å². The summed E-state index contributed by atoms with van der Waals surface area (Å²) in [5, 5.41) is 5.36. The molecule has 0 spiro atoms. The molecular weight excluding hydrogens is 246 g/mol. The van der Waals surface area contributed by atoms with Crippen molar-refractivity contribution in [2.45, 2.75) is 13.0 Å². The van der Waals surface area contributed by atoms with Crippen molar-refractivity contribution in [3.63, 3.8) is 0 Å². The number of amides is 1. The second kappa shape index (κ2) is 6.31. The Hall–Kier alpha value is -0.910. The highest BCUT2D eigenvalue weighted by atomic mass is 32.1. The first-order chi connectivity index (χ1) is 8.66. The fourth-order valence-corrected chi connectivity index (χ4v) is 2.81. The van der Waals surface area contributed by atoms with Crippen molar-refractivity contribution in [3.8, 4) is 0 Å². The Bertz CT molecular complexity index is 372. The number of piperazine rings is 1. The summed E-state index contributed by atoms with van der Waals surface area (Å²) in [6.07, 6.45) is 0. The fraction of sp³-hybridized carbons (Fsp3) is 0.615. The largest absolute Gasteiger partial charge is 0.339 e. The molecule has 1 N–H and O–H groups in total. The molecule has 2 rings (SSSR count). The second-order valence-electron chi connectivity index (χ2n) is 4.80. The molecule has 0 saturated carbocycles. The molecule has 1 atom stereocenters. The Morgan fingerprint density at radius 3 is 2.78 bits per heavy atom. The smallest absolute Gasteiger partial charge is 0.236 e. The van der Waals surface area contributed by atoms with Gasteiger partial charge in [-0.05, 0) is 25.4 Å². The Labute approximate surface area is 113 Å². The first-order valence-electron chi connectivity index (χ1n) is 6.40. The van der Waals surface area contributed by atoms with E-state index in [1.165, 1.54) is 4.88 Å². The van der Waals surface area contributed by atoms with Gasteiger partial charge in [-0.3, -0.25) is 4.79 Å². The average Bonchev–Trinajstić information content (AvgIpc) is 2.90. The molecule has 1 saturated heterocycles. The summed E-state index contributed by atoms with van der Waals surface area (Å²) in [4.78, 5) is 17.5. The predicted molar refractivity (Wildman–Crippen MR) is 74.8 cm³/mol. The number of nitrogens with zero attached hydrogens (tertiary/aromatic N) is 2. The number of hydrogen-bond donors (Lipinski definition) is 1. The number of nitrogens with one attached hydrogen (secondary N) is 1. The second-order valence-corrected chi connectivity index (χ2v) is 5.78. The highest BCUT2D eigenvalue weighted by molar-refractivity contribution is 7.10. The van der Waals surface area contributed by atoms with E-state index < -0.39 is 0 Å². The first-order valence-corrected chi connectivity index (χ1v) is 7.28. The quantitative estimate of drug-likeness (QED) is 0.889. The van der Waals surface area contributed by atoms with Crippen molar-refractivity contribution in [1.29, 1.82) is 0 Å². The van der Waals surface area contributed by atoms with Gasteiger partial charge >= 0.3 is 0 Å². The summed E-state index contributed by atoms with van der Waals surface area (Å²) >= 11 is 1.72. The van der Waals surface area contributed by atoms with Gasteiger partial charge in [0.1, 0.15) is 0 Å². The molecule has 0 bridgehead atoms. The zero-order valence-electron chi connectivity index (χ0n) is 11.1.